The van der Waals surface area contributed by atoms with Gasteiger partial charge >= 0.3 is 0 Å². The zero-order chi connectivity index (χ0) is 8.20. The van der Waals surface area contributed by atoms with Crippen molar-refractivity contribution in [1.29, 1.82) is 0 Å². The molecule has 0 rings (SSSR count). The van der Waals surface area contributed by atoms with Crippen molar-refractivity contribution in [2.75, 3.05) is 11.6 Å². The zero-order valence-corrected chi connectivity index (χ0v) is 7.00. The van der Waals surface area contributed by atoms with Gasteiger partial charge in [0.1, 0.15) is 0 Å². The van der Waals surface area contributed by atoms with Gasteiger partial charge in [0.15, 0.2) is 0 Å². The molecular formula is C3H8NO4S2-. The lowest BCUT2D eigenvalue weighted by Gasteiger charge is -2.05. The molecule has 1 N–H and O–H groups in total. The van der Waals surface area contributed by atoms with E-state index in [2.05, 4.69) is 0 Å². The van der Waals surface area contributed by atoms with Gasteiger partial charge in [-0.15, -0.1) is 0 Å². The first-order valence-corrected chi connectivity index (χ1v) is 5.41. The number of rotatable bonds is 4. The van der Waals surface area contributed by atoms with Crippen LogP contribution in [0.3, 0.4) is 0 Å². The summed E-state index contributed by atoms with van der Waals surface area (Å²) in [7, 11) is -3.36. The molecule has 1 unspecified atom stereocenters. The van der Waals surface area contributed by atoms with Crippen LogP contribution in [0.15, 0.2) is 0 Å². The molecule has 0 aromatic heterocycles. The molecule has 0 radical (unpaired) electrons. The summed E-state index contributed by atoms with van der Waals surface area (Å²) in [5, 5.41) is 0. The number of nitrogens with one attached hydrogen (secondary N) is 1. The van der Waals surface area contributed by atoms with Crippen LogP contribution in [0, 0.1) is 0 Å². The average Bonchev–Trinajstić information content (AvgIpc) is 1.85. The maximum absolute atomic E-state index is 10.5. The van der Waals surface area contributed by atoms with Gasteiger partial charge in [0.05, 0.1) is 11.6 Å². The van der Waals surface area contributed by atoms with E-state index in [4.69, 9.17) is 0 Å². The van der Waals surface area contributed by atoms with Gasteiger partial charge in [-0.3, -0.25) is 4.21 Å². The third kappa shape index (κ3) is 4.86. The molecule has 0 bridgehead atoms. The van der Waals surface area contributed by atoms with Gasteiger partial charge < -0.3 is 4.55 Å². The lowest BCUT2D eigenvalue weighted by molar-refractivity contribution is 0.532. The molecule has 5 nitrogen and oxygen atoms in total. The first-order chi connectivity index (χ1) is 4.48. The SMILES string of the molecule is CCS(=O)(=O)NCS(=O)[O-]. The molecule has 0 spiro atoms. The molecule has 62 valence electrons. The van der Waals surface area contributed by atoms with Crippen molar-refractivity contribution in [3.63, 3.8) is 0 Å². The summed E-state index contributed by atoms with van der Waals surface area (Å²) >= 11 is -2.35. The Morgan fingerprint density at radius 3 is 2.40 bits per heavy atom. The molecule has 0 fully saturated rings. The van der Waals surface area contributed by atoms with E-state index >= 15 is 0 Å². The second-order valence-electron chi connectivity index (χ2n) is 1.50. The Kier molecular flexibility index (Phi) is 4.02. The van der Waals surface area contributed by atoms with Crippen molar-refractivity contribution in [2.45, 2.75) is 6.92 Å². The van der Waals surface area contributed by atoms with Crippen molar-refractivity contribution >= 4 is 21.1 Å². The molecule has 0 aliphatic carbocycles. The Morgan fingerprint density at radius 2 is 2.10 bits per heavy atom. The number of hydrogen-bond donors (Lipinski definition) is 1. The first-order valence-electron chi connectivity index (χ1n) is 2.51. The molecule has 0 amide bonds. The average molecular weight is 186 g/mol. The van der Waals surface area contributed by atoms with Crippen LogP contribution in [-0.4, -0.2) is 28.8 Å². The molecule has 1 atom stereocenters. The predicted octanol–water partition coefficient (Wildman–Crippen LogP) is -1.24. The van der Waals surface area contributed by atoms with Crippen LogP contribution in [0.25, 0.3) is 0 Å². The summed E-state index contributed by atoms with van der Waals surface area (Å²) < 4.78 is 42.6. The molecule has 0 aliphatic rings. The highest BCUT2D eigenvalue weighted by atomic mass is 32.2. The second kappa shape index (κ2) is 4.02. The van der Waals surface area contributed by atoms with Crippen molar-refractivity contribution < 1.29 is 17.2 Å². The van der Waals surface area contributed by atoms with Gasteiger partial charge in [0, 0.05) is 0 Å². The van der Waals surface area contributed by atoms with E-state index in [1.807, 2.05) is 4.72 Å². The molecule has 0 saturated heterocycles. The van der Waals surface area contributed by atoms with Crippen LogP contribution in [0.5, 0.6) is 0 Å². The lowest BCUT2D eigenvalue weighted by Crippen LogP contribution is -2.28. The highest BCUT2D eigenvalue weighted by Crippen LogP contribution is 1.81. The minimum absolute atomic E-state index is 0.107. The van der Waals surface area contributed by atoms with Gasteiger partial charge in [-0.1, -0.05) is 0 Å². The largest absolute Gasteiger partial charge is 0.771 e. The van der Waals surface area contributed by atoms with Crippen LogP contribution in [0.2, 0.25) is 0 Å². The normalized spacial score (nSPS) is 15.0. The fraction of sp³-hybridized carbons (Fsp3) is 1.00. The molecule has 0 aromatic carbocycles. The van der Waals surface area contributed by atoms with Crippen LogP contribution in [0.1, 0.15) is 6.92 Å². The second-order valence-corrected chi connectivity index (χ2v) is 4.49. The van der Waals surface area contributed by atoms with Crippen molar-refractivity contribution in [3.8, 4) is 0 Å². The fourth-order valence-corrected chi connectivity index (χ4v) is 1.55. The Labute approximate surface area is 62.2 Å². The van der Waals surface area contributed by atoms with E-state index in [-0.39, 0.29) is 5.75 Å². The monoisotopic (exact) mass is 186 g/mol. The maximum atomic E-state index is 10.5. The fourth-order valence-electron chi connectivity index (χ4n) is 0.240. The van der Waals surface area contributed by atoms with Crippen LogP contribution in [0.4, 0.5) is 0 Å². The van der Waals surface area contributed by atoms with E-state index in [0.717, 1.165) is 0 Å². The van der Waals surface area contributed by atoms with Gasteiger partial charge in [-0.05, 0) is 18.0 Å². The van der Waals surface area contributed by atoms with Crippen molar-refractivity contribution in [1.82, 2.24) is 4.72 Å². The van der Waals surface area contributed by atoms with E-state index in [1.165, 1.54) is 6.92 Å². The molecular weight excluding hydrogens is 178 g/mol. The molecule has 7 heteroatoms. The lowest BCUT2D eigenvalue weighted by atomic mass is 11.0. The predicted molar refractivity (Wildman–Crippen MR) is 36.4 cm³/mol. The van der Waals surface area contributed by atoms with E-state index in [0.29, 0.717) is 0 Å². The summed E-state index contributed by atoms with van der Waals surface area (Å²) in [5.74, 6) is -0.652. The molecule has 0 aliphatic heterocycles. The highest BCUT2D eigenvalue weighted by molar-refractivity contribution is 7.90. The van der Waals surface area contributed by atoms with Gasteiger partial charge in [0.25, 0.3) is 0 Å². The standard InChI is InChI=1S/C3H9NO4S2/c1-2-10(7,8)4-3-9(5)6/h4H,2-3H2,1H3,(H,5,6)/p-1. The topological polar surface area (TPSA) is 86.3 Å². The molecule has 0 saturated carbocycles. The summed E-state index contributed by atoms with van der Waals surface area (Å²) in [6, 6.07) is 0. The summed E-state index contributed by atoms with van der Waals surface area (Å²) in [5.41, 5.74) is 0. The van der Waals surface area contributed by atoms with Crippen molar-refractivity contribution in [2.24, 2.45) is 0 Å². The Morgan fingerprint density at radius 1 is 1.60 bits per heavy atom. The van der Waals surface area contributed by atoms with E-state index in [9.17, 15) is 17.2 Å². The minimum atomic E-state index is -3.36. The Balaban J connectivity index is 3.81. The molecule has 10 heavy (non-hydrogen) atoms. The molecule has 0 heterocycles. The Hall–Kier alpha value is 0.0200. The smallest absolute Gasteiger partial charge is 0.212 e. The third-order valence-electron chi connectivity index (χ3n) is 0.777. The maximum Gasteiger partial charge on any atom is 0.212 e. The van der Waals surface area contributed by atoms with Gasteiger partial charge in [-0.2, -0.15) is 0 Å². The molecule has 0 aromatic rings. The van der Waals surface area contributed by atoms with Crippen LogP contribution >= 0.6 is 0 Å². The van der Waals surface area contributed by atoms with E-state index in [1.54, 1.807) is 0 Å². The minimum Gasteiger partial charge on any atom is -0.771 e. The number of sulfonamides is 1. The van der Waals surface area contributed by atoms with Crippen LogP contribution in [-0.2, 0) is 21.1 Å². The Bertz CT molecular complexity index is 209. The van der Waals surface area contributed by atoms with Gasteiger partial charge in [-0.25, -0.2) is 13.1 Å². The quantitative estimate of drug-likeness (QED) is 0.556. The highest BCUT2D eigenvalue weighted by Gasteiger charge is 2.03. The van der Waals surface area contributed by atoms with Crippen LogP contribution < -0.4 is 4.72 Å². The third-order valence-corrected chi connectivity index (χ3v) is 2.68. The van der Waals surface area contributed by atoms with Crippen molar-refractivity contribution in [3.05, 3.63) is 0 Å². The summed E-state index contributed by atoms with van der Waals surface area (Å²) in [6.45, 7) is 1.43. The zero-order valence-electron chi connectivity index (χ0n) is 5.36. The summed E-state index contributed by atoms with van der Waals surface area (Å²) in [4.78, 5) is 0. The summed E-state index contributed by atoms with van der Waals surface area (Å²) in [6.07, 6.45) is 0. The van der Waals surface area contributed by atoms with E-state index < -0.39 is 27.0 Å². The number of hydrogen-bond acceptors (Lipinski definition) is 4. The van der Waals surface area contributed by atoms with Gasteiger partial charge in [0.2, 0.25) is 10.0 Å². The first kappa shape index (κ1) is 10.0.